The number of carbonyl (C=O) groups is 1. The van der Waals surface area contributed by atoms with Gasteiger partial charge < -0.3 is 9.15 Å². The fourth-order valence-corrected chi connectivity index (χ4v) is 2.94. The summed E-state index contributed by atoms with van der Waals surface area (Å²) in [6.45, 7) is 0.863. The lowest BCUT2D eigenvalue weighted by Crippen LogP contribution is -2.17. The van der Waals surface area contributed by atoms with Crippen molar-refractivity contribution in [2.45, 2.75) is 32.1 Å². The van der Waals surface area contributed by atoms with Gasteiger partial charge in [0.1, 0.15) is 18.5 Å². The van der Waals surface area contributed by atoms with E-state index in [2.05, 4.69) is 0 Å². The topological polar surface area (TPSA) is 39.4 Å². The van der Waals surface area contributed by atoms with Gasteiger partial charge in [-0.15, -0.1) is 0 Å². The fourth-order valence-electron chi connectivity index (χ4n) is 2.94. The fraction of sp³-hybridized carbons (Fsp3) is 0.471. The van der Waals surface area contributed by atoms with Gasteiger partial charge in [-0.05, 0) is 24.8 Å². The van der Waals surface area contributed by atoms with Crippen molar-refractivity contribution in [3.05, 3.63) is 36.1 Å². The van der Waals surface area contributed by atoms with Gasteiger partial charge in [-0.25, -0.2) is 0 Å². The molecule has 0 aliphatic heterocycles. The van der Waals surface area contributed by atoms with Crippen molar-refractivity contribution < 1.29 is 13.9 Å². The van der Waals surface area contributed by atoms with Crippen LogP contribution in [0.1, 0.15) is 42.5 Å². The first-order valence-electron chi connectivity index (χ1n) is 7.42. The van der Waals surface area contributed by atoms with E-state index in [0.29, 0.717) is 18.1 Å². The summed E-state index contributed by atoms with van der Waals surface area (Å²) in [5, 5.41) is 0.874. The number of ketones is 1. The first kappa shape index (κ1) is 13.4. The molecule has 1 aliphatic rings. The number of ether oxygens (including phenoxy) is 1. The molecule has 106 valence electrons. The van der Waals surface area contributed by atoms with Gasteiger partial charge in [-0.3, -0.25) is 4.79 Å². The molecule has 0 spiro atoms. The summed E-state index contributed by atoms with van der Waals surface area (Å²) < 4.78 is 11.0. The molecule has 2 aromatic rings. The third-order valence-electron chi connectivity index (χ3n) is 4.09. The number of carbonyl (C=O) groups excluding carboxylic acids is 1. The molecule has 20 heavy (non-hydrogen) atoms. The molecule has 3 rings (SSSR count). The van der Waals surface area contributed by atoms with Crippen LogP contribution >= 0.6 is 0 Å². The lowest BCUT2D eigenvalue weighted by molar-refractivity contribution is 0.0629. The maximum atomic E-state index is 12.2. The molecule has 0 N–H and O–H groups in total. The van der Waals surface area contributed by atoms with Crippen molar-refractivity contribution in [1.82, 2.24) is 0 Å². The lowest BCUT2D eigenvalue weighted by Gasteiger charge is -2.20. The molecule has 0 bridgehead atoms. The molecule has 0 atom stereocenters. The van der Waals surface area contributed by atoms with E-state index in [1.807, 2.05) is 24.3 Å². The van der Waals surface area contributed by atoms with Crippen LogP contribution in [0.5, 0.6) is 0 Å². The van der Waals surface area contributed by atoms with Gasteiger partial charge in [0.05, 0.1) is 12.2 Å². The van der Waals surface area contributed by atoms with Crippen LogP contribution < -0.4 is 0 Å². The highest BCUT2D eigenvalue weighted by atomic mass is 16.5. The maximum absolute atomic E-state index is 12.2. The number of hydrogen-bond donors (Lipinski definition) is 0. The predicted molar refractivity (Wildman–Crippen MR) is 77.9 cm³/mol. The molecule has 0 amide bonds. The van der Waals surface area contributed by atoms with E-state index >= 15 is 0 Å². The van der Waals surface area contributed by atoms with Gasteiger partial charge in [0.2, 0.25) is 0 Å². The highest BCUT2D eigenvalue weighted by Crippen LogP contribution is 2.24. The van der Waals surface area contributed by atoms with Crippen molar-refractivity contribution in [3.63, 3.8) is 0 Å². The summed E-state index contributed by atoms with van der Waals surface area (Å²) in [4.78, 5) is 12.2. The largest absolute Gasteiger partial charge is 0.464 e. The second kappa shape index (κ2) is 6.23. The third kappa shape index (κ3) is 2.93. The Morgan fingerprint density at radius 1 is 1.20 bits per heavy atom. The summed E-state index contributed by atoms with van der Waals surface area (Å²) in [7, 11) is 0. The molecule has 1 aromatic carbocycles. The first-order valence-corrected chi connectivity index (χ1v) is 7.42. The number of rotatable bonds is 5. The molecule has 1 aromatic heterocycles. The van der Waals surface area contributed by atoms with Crippen LogP contribution in [-0.4, -0.2) is 19.0 Å². The zero-order chi connectivity index (χ0) is 13.8. The zero-order valence-electron chi connectivity index (χ0n) is 11.6. The second-order valence-electron chi connectivity index (χ2n) is 5.59. The van der Waals surface area contributed by atoms with E-state index in [0.717, 1.165) is 11.0 Å². The number of furan rings is 1. The molecular formula is C17H20O3. The summed E-state index contributed by atoms with van der Waals surface area (Å²) in [5.41, 5.74) is 1.38. The van der Waals surface area contributed by atoms with E-state index < -0.39 is 0 Å². The number of benzene rings is 1. The molecule has 0 saturated heterocycles. The Bertz CT molecular complexity index is 579. The van der Waals surface area contributed by atoms with Crippen molar-refractivity contribution in [2.75, 3.05) is 13.2 Å². The summed E-state index contributed by atoms with van der Waals surface area (Å²) in [6.07, 6.45) is 7.96. The van der Waals surface area contributed by atoms with Crippen LogP contribution in [0.3, 0.4) is 0 Å². The minimum absolute atomic E-state index is 0.00533. The SMILES string of the molecule is O=C(COCC1CCCCC1)c1coc2ccccc12. The summed E-state index contributed by atoms with van der Waals surface area (Å²) in [6, 6.07) is 7.60. The van der Waals surface area contributed by atoms with Crippen molar-refractivity contribution in [2.24, 2.45) is 5.92 Å². The van der Waals surface area contributed by atoms with Crippen LogP contribution in [0.15, 0.2) is 34.9 Å². The molecular weight excluding hydrogens is 252 g/mol. The van der Waals surface area contributed by atoms with E-state index in [9.17, 15) is 4.79 Å². The number of fused-ring (bicyclic) bond motifs is 1. The van der Waals surface area contributed by atoms with Gasteiger partial charge in [0.25, 0.3) is 0 Å². The van der Waals surface area contributed by atoms with Gasteiger partial charge in [0.15, 0.2) is 5.78 Å². The van der Waals surface area contributed by atoms with Crippen LogP contribution in [0.2, 0.25) is 0 Å². The maximum Gasteiger partial charge on any atom is 0.192 e. The lowest BCUT2D eigenvalue weighted by atomic mass is 9.90. The number of para-hydroxylation sites is 1. The Morgan fingerprint density at radius 2 is 2.00 bits per heavy atom. The average molecular weight is 272 g/mol. The number of hydrogen-bond acceptors (Lipinski definition) is 3. The van der Waals surface area contributed by atoms with Crippen molar-refractivity contribution in [3.8, 4) is 0 Å². The standard InChI is InChI=1S/C17H20O3/c18-16(12-19-10-13-6-2-1-3-7-13)15-11-20-17-9-5-4-8-14(15)17/h4-5,8-9,11,13H,1-3,6-7,10,12H2. The zero-order valence-corrected chi connectivity index (χ0v) is 11.6. The molecule has 0 unspecified atom stereocenters. The van der Waals surface area contributed by atoms with Crippen molar-refractivity contribution >= 4 is 16.8 Å². The smallest absolute Gasteiger partial charge is 0.192 e. The Balaban J connectivity index is 1.56. The predicted octanol–water partition coefficient (Wildman–Crippen LogP) is 4.21. The quantitative estimate of drug-likeness (QED) is 0.765. The highest BCUT2D eigenvalue weighted by Gasteiger charge is 2.16. The van der Waals surface area contributed by atoms with E-state index in [4.69, 9.17) is 9.15 Å². The molecule has 1 fully saturated rings. The van der Waals surface area contributed by atoms with Crippen LogP contribution in [0.4, 0.5) is 0 Å². The van der Waals surface area contributed by atoms with E-state index in [-0.39, 0.29) is 12.4 Å². The summed E-state index contributed by atoms with van der Waals surface area (Å²) in [5.74, 6) is 0.642. The Kier molecular flexibility index (Phi) is 4.16. The van der Waals surface area contributed by atoms with Crippen LogP contribution in [0, 0.1) is 5.92 Å². The monoisotopic (exact) mass is 272 g/mol. The second-order valence-corrected chi connectivity index (χ2v) is 5.59. The molecule has 1 aliphatic carbocycles. The van der Waals surface area contributed by atoms with Crippen LogP contribution in [0.25, 0.3) is 11.0 Å². The number of Topliss-reactive ketones (excluding diaryl/α,β-unsaturated/α-hetero) is 1. The Hall–Kier alpha value is -1.61. The van der Waals surface area contributed by atoms with Gasteiger partial charge >= 0.3 is 0 Å². The third-order valence-corrected chi connectivity index (χ3v) is 4.09. The molecule has 3 nitrogen and oxygen atoms in total. The molecule has 0 radical (unpaired) electrons. The summed E-state index contributed by atoms with van der Waals surface area (Å²) >= 11 is 0. The Morgan fingerprint density at radius 3 is 2.85 bits per heavy atom. The van der Waals surface area contributed by atoms with E-state index in [1.165, 1.54) is 38.4 Å². The van der Waals surface area contributed by atoms with E-state index in [1.54, 1.807) is 0 Å². The average Bonchev–Trinajstić information content (AvgIpc) is 2.92. The molecule has 1 heterocycles. The minimum atomic E-state index is 0.00533. The van der Waals surface area contributed by atoms with Crippen LogP contribution in [-0.2, 0) is 4.74 Å². The Labute approximate surface area is 118 Å². The minimum Gasteiger partial charge on any atom is -0.464 e. The van der Waals surface area contributed by atoms with Gasteiger partial charge in [-0.1, -0.05) is 37.5 Å². The first-order chi connectivity index (χ1) is 9.84. The van der Waals surface area contributed by atoms with Gasteiger partial charge in [0, 0.05) is 5.39 Å². The normalized spacial score (nSPS) is 16.6. The highest BCUT2D eigenvalue weighted by molar-refractivity contribution is 6.07. The molecule has 1 saturated carbocycles. The molecule has 3 heteroatoms. The van der Waals surface area contributed by atoms with Gasteiger partial charge in [-0.2, -0.15) is 0 Å². The van der Waals surface area contributed by atoms with Crippen molar-refractivity contribution in [1.29, 1.82) is 0 Å².